The maximum Gasteiger partial charge on any atom is 0.161 e. The van der Waals surface area contributed by atoms with Crippen molar-refractivity contribution < 1.29 is 9.47 Å². The molecule has 2 aliphatic rings. The van der Waals surface area contributed by atoms with Gasteiger partial charge in [-0.3, -0.25) is 9.80 Å². The highest BCUT2D eigenvalue weighted by molar-refractivity contribution is 5.43. The fraction of sp³-hybridized carbons (Fsp3) is 0.500. The Hall–Kier alpha value is -2.04. The van der Waals surface area contributed by atoms with E-state index in [1.54, 1.807) is 7.11 Å². The zero-order valence-corrected chi connectivity index (χ0v) is 17.0. The molecule has 0 spiro atoms. The van der Waals surface area contributed by atoms with Crippen molar-refractivity contribution in [3.8, 4) is 11.5 Å². The van der Waals surface area contributed by atoms with Gasteiger partial charge < -0.3 is 9.47 Å². The van der Waals surface area contributed by atoms with Gasteiger partial charge in [0.1, 0.15) is 6.61 Å². The molecule has 0 bridgehead atoms. The first-order valence-electron chi connectivity index (χ1n) is 10.6. The number of likely N-dealkylation sites (tertiary alicyclic amines) is 2. The third kappa shape index (κ3) is 4.86. The van der Waals surface area contributed by atoms with E-state index in [9.17, 15) is 0 Å². The van der Waals surface area contributed by atoms with Gasteiger partial charge in [0.15, 0.2) is 11.5 Å². The van der Waals surface area contributed by atoms with Crippen LogP contribution < -0.4 is 9.47 Å². The predicted octanol–water partition coefficient (Wildman–Crippen LogP) is 4.33. The largest absolute Gasteiger partial charge is 0.493 e. The van der Waals surface area contributed by atoms with E-state index in [-0.39, 0.29) is 0 Å². The van der Waals surface area contributed by atoms with Gasteiger partial charge in [-0.15, -0.1) is 0 Å². The van der Waals surface area contributed by atoms with Gasteiger partial charge in [-0.2, -0.15) is 0 Å². The summed E-state index contributed by atoms with van der Waals surface area (Å²) in [5, 5.41) is 0. The minimum atomic E-state index is 0.556. The number of piperidine rings is 1. The molecule has 0 saturated carbocycles. The molecular formula is C24H32N2O2. The smallest absolute Gasteiger partial charge is 0.161 e. The fourth-order valence-corrected chi connectivity index (χ4v) is 4.50. The lowest BCUT2D eigenvalue weighted by molar-refractivity contribution is 0.110. The van der Waals surface area contributed by atoms with E-state index in [1.807, 2.05) is 18.2 Å². The number of nitrogens with zero attached hydrogens (tertiary/aromatic N) is 2. The summed E-state index contributed by atoms with van der Waals surface area (Å²) in [5.74, 6) is 1.63. The second-order valence-electron chi connectivity index (χ2n) is 8.03. The van der Waals surface area contributed by atoms with Crippen LogP contribution in [-0.4, -0.2) is 49.1 Å². The Balaban J connectivity index is 1.36. The molecule has 2 aliphatic heterocycles. The molecule has 28 heavy (non-hydrogen) atoms. The van der Waals surface area contributed by atoms with Gasteiger partial charge in [-0.05, 0) is 68.6 Å². The summed E-state index contributed by atoms with van der Waals surface area (Å²) in [6.07, 6.45) is 5.40. The number of hydrogen-bond acceptors (Lipinski definition) is 4. The van der Waals surface area contributed by atoms with Crippen molar-refractivity contribution >= 4 is 0 Å². The number of methoxy groups -OCH3 is 1. The highest BCUT2D eigenvalue weighted by Gasteiger charge is 2.27. The molecule has 1 atom stereocenters. The molecule has 0 aromatic heterocycles. The molecule has 4 nitrogen and oxygen atoms in total. The van der Waals surface area contributed by atoms with Crippen LogP contribution in [0.1, 0.15) is 36.8 Å². The average molecular weight is 381 g/mol. The first kappa shape index (κ1) is 19.3. The van der Waals surface area contributed by atoms with Gasteiger partial charge in [-0.1, -0.05) is 36.4 Å². The second kappa shape index (κ2) is 9.44. The number of benzene rings is 2. The topological polar surface area (TPSA) is 24.9 Å². The van der Waals surface area contributed by atoms with Crippen molar-refractivity contribution in [1.82, 2.24) is 9.80 Å². The van der Waals surface area contributed by atoms with Gasteiger partial charge in [0.25, 0.3) is 0 Å². The first-order valence-corrected chi connectivity index (χ1v) is 10.6. The zero-order valence-electron chi connectivity index (χ0n) is 17.0. The van der Waals surface area contributed by atoms with Crippen LogP contribution in [-0.2, 0) is 13.2 Å². The van der Waals surface area contributed by atoms with E-state index in [4.69, 9.17) is 9.47 Å². The van der Waals surface area contributed by atoms with Crippen LogP contribution in [0.2, 0.25) is 0 Å². The summed E-state index contributed by atoms with van der Waals surface area (Å²) in [4.78, 5) is 5.30. The van der Waals surface area contributed by atoms with Gasteiger partial charge in [0.2, 0.25) is 0 Å². The number of ether oxygens (including phenoxy) is 2. The van der Waals surface area contributed by atoms with E-state index < -0.39 is 0 Å². The van der Waals surface area contributed by atoms with Gasteiger partial charge in [0.05, 0.1) is 7.11 Å². The predicted molar refractivity (Wildman–Crippen MR) is 113 cm³/mol. The van der Waals surface area contributed by atoms with Gasteiger partial charge in [-0.25, -0.2) is 0 Å². The molecule has 150 valence electrons. The van der Waals surface area contributed by atoms with Crippen molar-refractivity contribution in [2.45, 2.75) is 44.9 Å². The maximum atomic E-state index is 6.00. The normalized spacial score (nSPS) is 21.0. The average Bonchev–Trinajstić information content (AvgIpc) is 3.29. The molecule has 0 radical (unpaired) electrons. The summed E-state index contributed by atoms with van der Waals surface area (Å²) < 4.78 is 11.6. The highest BCUT2D eigenvalue weighted by atomic mass is 16.5. The highest BCUT2D eigenvalue weighted by Crippen LogP contribution is 2.30. The molecule has 2 saturated heterocycles. The lowest BCUT2D eigenvalue weighted by Gasteiger charge is -2.37. The Morgan fingerprint density at radius 3 is 2.50 bits per heavy atom. The molecule has 1 unspecified atom stereocenters. The quantitative estimate of drug-likeness (QED) is 0.714. The Morgan fingerprint density at radius 2 is 1.71 bits per heavy atom. The number of rotatable bonds is 7. The monoisotopic (exact) mass is 380 g/mol. The molecule has 0 aliphatic carbocycles. The summed E-state index contributed by atoms with van der Waals surface area (Å²) in [6.45, 7) is 6.51. The minimum absolute atomic E-state index is 0.556. The molecular weight excluding hydrogens is 348 g/mol. The zero-order chi connectivity index (χ0) is 19.2. The number of hydrogen-bond donors (Lipinski definition) is 0. The van der Waals surface area contributed by atoms with Crippen molar-refractivity contribution in [3.05, 3.63) is 59.7 Å². The summed E-state index contributed by atoms with van der Waals surface area (Å²) in [7, 11) is 1.72. The van der Waals surface area contributed by atoms with Crippen LogP contribution in [0.3, 0.4) is 0 Å². The Morgan fingerprint density at radius 1 is 0.893 bits per heavy atom. The third-order valence-corrected chi connectivity index (χ3v) is 6.01. The molecule has 2 aromatic rings. The molecule has 0 N–H and O–H groups in total. The van der Waals surface area contributed by atoms with E-state index in [1.165, 1.54) is 57.4 Å². The third-order valence-electron chi connectivity index (χ3n) is 6.01. The molecule has 2 fully saturated rings. The van der Waals surface area contributed by atoms with E-state index in [0.29, 0.717) is 6.61 Å². The summed E-state index contributed by atoms with van der Waals surface area (Å²) >= 11 is 0. The minimum Gasteiger partial charge on any atom is -0.493 e. The molecule has 4 heteroatoms. The fourth-order valence-electron chi connectivity index (χ4n) is 4.50. The van der Waals surface area contributed by atoms with Crippen molar-refractivity contribution in [2.24, 2.45) is 0 Å². The van der Waals surface area contributed by atoms with Crippen LogP contribution >= 0.6 is 0 Å². The molecule has 2 aromatic carbocycles. The lowest BCUT2D eigenvalue weighted by Crippen LogP contribution is -2.46. The van der Waals surface area contributed by atoms with Crippen LogP contribution in [0, 0.1) is 0 Å². The van der Waals surface area contributed by atoms with Crippen molar-refractivity contribution in [3.63, 3.8) is 0 Å². The maximum absolute atomic E-state index is 6.00. The second-order valence-corrected chi connectivity index (χ2v) is 8.03. The molecule has 0 amide bonds. The Bertz CT molecular complexity index is 744. The van der Waals surface area contributed by atoms with E-state index in [0.717, 1.165) is 29.6 Å². The first-order chi connectivity index (χ1) is 13.8. The summed E-state index contributed by atoms with van der Waals surface area (Å²) in [6, 6.07) is 17.4. The van der Waals surface area contributed by atoms with Crippen molar-refractivity contribution in [2.75, 3.05) is 33.3 Å². The van der Waals surface area contributed by atoms with Gasteiger partial charge in [0, 0.05) is 19.1 Å². The standard InChI is InChI=1S/C24H32N2O2/c1-27-24-16-21(11-12-23(24)28-19-20-8-3-2-4-9-20)17-25-13-7-10-22(18-25)26-14-5-6-15-26/h2-4,8-9,11-12,16,22H,5-7,10,13-15,17-19H2,1H3. The van der Waals surface area contributed by atoms with Crippen LogP contribution in [0.4, 0.5) is 0 Å². The van der Waals surface area contributed by atoms with Crippen LogP contribution in [0.15, 0.2) is 48.5 Å². The molecule has 4 rings (SSSR count). The Labute approximate surface area is 169 Å². The van der Waals surface area contributed by atoms with Crippen molar-refractivity contribution in [1.29, 1.82) is 0 Å². The molecule has 2 heterocycles. The van der Waals surface area contributed by atoms with E-state index >= 15 is 0 Å². The Kier molecular flexibility index (Phi) is 6.50. The van der Waals surface area contributed by atoms with E-state index in [2.05, 4.69) is 40.1 Å². The summed E-state index contributed by atoms with van der Waals surface area (Å²) in [5.41, 5.74) is 2.46. The van der Waals surface area contributed by atoms with Gasteiger partial charge >= 0.3 is 0 Å². The SMILES string of the molecule is COc1cc(CN2CCCC(N3CCCC3)C2)ccc1OCc1ccccc1. The van der Waals surface area contributed by atoms with Crippen LogP contribution in [0.5, 0.6) is 11.5 Å². The van der Waals surface area contributed by atoms with Crippen LogP contribution in [0.25, 0.3) is 0 Å². The lowest BCUT2D eigenvalue weighted by atomic mass is 10.0.